The fraction of sp³-hybridized carbons (Fsp3) is 0.300. The Kier molecular flexibility index (Phi) is 1.68. The zero-order valence-corrected chi connectivity index (χ0v) is 8.71. The Labute approximate surface area is 91.1 Å². The molecule has 0 bridgehead atoms. The highest BCUT2D eigenvalue weighted by Crippen LogP contribution is 2.25. The summed E-state index contributed by atoms with van der Waals surface area (Å²) >= 11 is 0. The fourth-order valence-electron chi connectivity index (χ4n) is 1.99. The van der Waals surface area contributed by atoms with E-state index in [1.54, 1.807) is 0 Å². The molecule has 0 unspecified atom stereocenters. The average molecular weight is 218 g/mol. The van der Waals surface area contributed by atoms with Gasteiger partial charge in [-0.3, -0.25) is 0 Å². The van der Waals surface area contributed by atoms with E-state index in [1.807, 2.05) is 18.1 Å². The average Bonchev–Trinajstić information content (AvgIpc) is 2.80. The quantitative estimate of drug-likeness (QED) is 0.751. The summed E-state index contributed by atoms with van der Waals surface area (Å²) in [5, 5.41) is 13.0. The molecule has 6 nitrogen and oxygen atoms in total. The Morgan fingerprint density at radius 2 is 2.38 bits per heavy atom. The third kappa shape index (κ3) is 1.09. The summed E-state index contributed by atoms with van der Waals surface area (Å²) in [5.74, 6) is -0.140. The molecule has 3 heterocycles. The van der Waals surface area contributed by atoms with Crippen molar-refractivity contribution >= 4 is 17.4 Å². The van der Waals surface area contributed by atoms with E-state index in [0.29, 0.717) is 5.65 Å². The molecule has 0 saturated carbocycles. The van der Waals surface area contributed by atoms with Gasteiger partial charge in [0, 0.05) is 25.4 Å². The van der Waals surface area contributed by atoms with Crippen LogP contribution in [0.15, 0.2) is 12.4 Å². The highest BCUT2D eigenvalue weighted by molar-refractivity contribution is 5.94. The van der Waals surface area contributed by atoms with Crippen molar-refractivity contribution in [1.82, 2.24) is 14.6 Å². The highest BCUT2D eigenvalue weighted by atomic mass is 16.4. The number of carboxylic acids is 1. The summed E-state index contributed by atoms with van der Waals surface area (Å²) in [4.78, 5) is 17.3. The Hall–Kier alpha value is -2.11. The molecule has 0 saturated heterocycles. The van der Waals surface area contributed by atoms with Crippen molar-refractivity contribution in [2.45, 2.75) is 6.42 Å². The first-order chi connectivity index (χ1) is 7.66. The zero-order chi connectivity index (χ0) is 11.3. The van der Waals surface area contributed by atoms with Gasteiger partial charge in [-0.15, -0.1) is 0 Å². The van der Waals surface area contributed by atoms with Crippen LogP contribution in [0, 0.1) is 0 Å². The maximum absolute atomic E-state index is 11.0. The number of hydrogen-bond acceptors (Lipinski definition) is 4. The van der Waals surface area contributed by atoms with Crippen molar-refractivity contribution in [3.63, 3.8) is 0 Å². The predicted octanol–water partition coefficient (Wildman–Crippen LogP) is 0.420. The van der Waals surface area contributed by atoms with Crippen molar-refractivity contribution in [1.29, 1.82) is 0 Å². The Balaban J connectivity index is 2.30. The number of hydrogen-bond donors (Lipinski definition) is 1. The third-order valence-electron chi connectivity index (χ3n) is 2.85. The minimum absolute atomic E-state index is 0.142. The standard InChI is InChI=1S/C10H10N4O2/c1-13-3-2-6-5-14-9(12-8(6)13)7(4-11-14)10(15)16/h4-5H,2-3H2,1H3,(H,15,16). The van der Waals surface area contributed by atoms with E-state index in [0.717, 1.165) is 24.3 Å². The Morgan fingerprint density at radius 1 is 1.56 bits per heavy atom. The molecule has 0 aromatic carbocycles. The molecule has 0 aliphatic carbocycles. The number of aromatic nitrogens is 3. The normalized spacial score (nSPS) is 14.4. The minimum Gasteiger partial charge on any atom is -0.477 e. The molecule has 3 rings (SSSR count). The molecular weight excluding hydrogens is 208 g/mol. The molecule has 2 aromatic heterocycles. The summed E-state index contributed by atoms with van der Waals surface area (Å²) in [7, 11) is 1.95. The van der Waals surface area contributed by atoms with Crippen molar-refractivity contribution in [3.05, 3.63) is 23.5 Å². The lowest BCUT2D eigenvalue weighted by Crippen LogP contribution is -2.14. The molecule has 1 aliphatic rings. The molecule has 6 heteroatoms. The van der Waals surface area contributed by atoms with Gasteiger partial charge in [-0.05, 0) is 6.42 Å². The molecule has 1 N–H and O–H groups in total. The number of anilines is 1. The van der Waals surface area contributed by atoms with Crippen LogP contribution in [0.1, 0.15) is 15.9 Å². The lowest BCUT2D eigenvalue weighted by Gasteiger charge is -2.10. The van der Waals surface area contributed by atoms with Gasteiger partial charge in [0.05, 0.1) is 6.20 Å². The van der Waals surface area contributed by atoms with Gasteiger partial charge in [-0.2, -0.15) is 5.10 Å². The van der Waals surface area contributed by atoms with E-state index in [2.05, 4.69) is 10.1 Å². The Morgan fingerprint density at radius 3 is 3.12 bits per heavy atom. The second-order valence-corrected chi connectivity index (χ2v) is 3.89. The predicted molar refractivity (Wildman–Crippen MR) is 56.9 cm³/mol. The van der Waals surface area contributed by atoms with Crippen LogP contribution in [0.25, 0.3) is 5.65 Å². The largest absolute Gasteiger partial charge is 0.477 e. The third-order valence-corrected chi connectivity index (χ3v) is 2.85. The molecular formula is C10H10N4O2. The molecule has 1 aliphatic heterocycles. The number of aromatic carboxylic acids is 1. The summed E-state index contributed by atoms with van der Waals surface area (Å²) in [6, 6.07) is 0. The number of carbonyl (C=O) groups is 1. The second-order valence-electron chi connectivity index (χ2n) is 3.89. The number of nitrogens with zero attached hydrogens (tertiary/aromatic N) is 4. The first kappa shape index (κ1) is 9.14. The summed E-state index contributed by atoms with van der Waals surface area (Å²) in [5.41, 5.74) is 1.65. The number of rotatable bonds is 1. The van der Waals surface area contributed by atoms with E-state index < -0.39 is 5.97 Å². The van der Waals surface area contributed by atoms with Gasteiger partial charge in [0.25, 0.3) is 0 Å². The zero-order valence-electron chi connectivity index (χ0n) is 8.71. The highest BCUT2D eigenvalue weighted by Gasteiger charge is 2.21. The molecule has 2 aromatic rings. The summed E-state index contributed by atoms with van der Waals surface area (Å²) < 4.78 is 1.53. The van der Waals surface area contributed by atoms with E-state index in [-0.39, 0.29) is 5.56 Å². The topological polar surface area (TPSA) is 70.7 Å². The SMILES string of the molecule is CN1CCc2cn3ncc(C(=O)O)c3nc21. The fourth-order valence-corrected chi connectivity index (χ4v) is 1.99. The maximum Gasteiger partial charge on any atom is 0.341 e. The van der Waals surface area contributed by atoms with E-state index in [4.69, 9.17) is 5.11 Å². The smallest absolute Gasteiger partial charge is 0.341 e. The van der Waals surface area contributed by atoms with E-state index in [9.17, 15) is 4.79 Å². The van der Waals surface area contributed by atoms with Gasteiger partial charge < -0.3 is 10.0 Å². The molecule has 0 amide bonds. The van der Waals surface area contributed by atoms with Crippen LogP contribution in [-0.2, 0) is 6.42 Å². The van der Waals surface area contributed by atoms with Gasteiger partial charge in [-0.25, -0.2) is 14.3 Å². The molecule has 0 atom stereocenters. The van der Waals surface area contributed by atoms with Crippen molar-refractivity contribution < 1.29 is 9.90 Å². The van der Waals surface area contributed by atoms with Gasteiger partial charge in [0.2, 0.25) is 0 Å². The van der Waals surface area contributed by atoms with E-state index >= 15 is 0 Å². The number of likely N-dealkylation sites (N-methyl/N-ethyl adjacent to an activating group) is 1. The number of carboxylic acid groups (broad SMARTS) is 1. The van der Waals surface area contributed by atoms with Crippen LogP contribution in [0.4, 0.5) is 5.82 Å². The molecule has 0 fully saturated rings. The molecule has 16 heavy (non-hydrogen) atoms. The van der Waals surface area contributed by atoms with Crippen molar-refractivity contribution in [2.75, 3.05) is 18.5 Å². The van der Waals surface area contributed by atoms with Gasteiger partial charge in [0.1, 0.15) is 11.4 Å². The van der Waals surface area contributed by atoms with Crippen LogP contribution in [-0.4, -0.2) is 39.3 Å². The van der Waals surface area contributed by atoms with Crippen molar-refractivity contribution in [2.24, 2.45) is 0 Å². The Bertz CT molecular complexity index is 590. The van der Waals surface area contributed by atoms with Crippen LogP contribution in [0.5, 0.6) is 0 Å². The maximum atomic E-state index is 11.0. The van der Waals surface area contributed by atoms with Gasteiger partial charge >= 0.3 is 5.97 Å². The first-order valence-corrected chi connectivity index (χ1v) is 4.98. The van der Waals surface area contributed by atoms with Crippen LogP contribution in [0.3, 0.4) is 0 Å². The van der Waals surface area contributed by atoms with E-state index in [1.165, 1.54) is 10.7 Å². The van der Waals surface area contributed by atoms with Gasteiger partial charge in [-0.1, -0.05) is 0 Å². The second kappa shape index (κ2) is 2.94. The first-order valence-electron chi connectivity index (χ1n) is 4.98. The molecule has 0 radical (unpaired) electrons. The minimum atomic E-state index is -0.997. The van der Waals surface area contributed by atoms with Crippen LogP contribution >= 0.6 is 0 Å². The lowest BCUT2D eigenvalue weighted by atomic mass is 10.3. The summed E-state index contributed by atoms with van der Waals surface area (Å²) in [6.07, 6.45) is 4.12. The van der Waals surface area contributed by atoms with Crippen LogP contribution < -0.4 is 4.90 Å². The van der Waals surface area contributed by atoms with Gasteiger partial charge in [0.15, 0.2) is 5.65 Å². The van der Waals surface area contributed by atoms with Crippen molar-refractivity contribution in [3.8, 4) is 0 Å². The summed E-state index contributed by atoms with van der Waals surface area (Å²) in [6.45, 7) is 0.915. The molecule has 82 valence electrons. The molecule has 0 spiro atoms. The number of fused-ring (bicyclic) bond motifs is 2. The van der Waals surface area contributed by atoms with Crippen LogP contribution in [0.2, 0.25) is 0 Å². The monoisotopic (exact) mass is 218 g/mol. The lowest BCUT2D eigenvalue weighted by molar-refractivity contribution is 0.0699.